The maximum absolute atomic E-state index is 8.63. The molecule has 72 valence electrons. The van der Waals surface area contributed by atoms with Gasteiger partial charge in [0.15, 0.2) is 0 Å². The van der Waals surface area contributed by atoms with Crippen molar-refractivity contribution in [2.24, 2.45) is 0 Å². The SMILES string of the molecule is O.O=S(=O)([O-])O.O=S(=O)([O-])[O-].[Al+3]. The van der Waals surface area contributed by atoms with E-state index in [9.17, 15) is 0 Å². The van der Waals surface area contributed by atoms with E-state index in [1.165, 1.54) is 0 Å². The molecule has 0 aromatic rings. The molecule has 0 saturated heterocycles. The quantitative estimate of drug-likeness (QED) is 0.255. The largest absolute Gasteiger partial charge is 3.00 e. The maximum Gasteiger partial charge on any atom is 3.00 e. The van der Waals surface area contributed by atoms with Crippen LogP contribution in [0.2, 0.25) is 0 Å². The Balaban J connectivity index is -0.0000000457. The molecule has 0 rings (SSSR count). The third-order valence-electron chi connectivity index (χ3n) is 0. The fourth-order valence-electron chi connectivity index (χ4n) is 0. The van der Waals surface area contributed by atoms with Crippen LogP contribution in [0.4, 0.5) is 0 Å². The van der Waals surface area contributed by atoms with Crippen molar-refractivity contribution in [1.29, 1.82) is 0 Å². The van der Waals surface area contributed by atoms with Crippen LogP contribution in [-0.2, 0) is 20.8 Å². The van der Waals surface area contributed by atoms with Crippen LogP contribution in [0.1, 0.15) is 0 Å². The molecular formula is H3AlO9S2. The van der Waals surface area contributed by atoms with E-state index in [1.54, 1.807) is 0 Å². The van der Waals surface area contributed by atoms with Crippen LogP contribution < -0.4 is 0 Å². The first-order chi connectivity index (χ1) is 4.00. The molecule has 9 nitrogen and oxygen atoms in total. The zero-order valence-corrected chi connectivity index (χ0v) is 7.99. The summed E-state index contributed by atoms with van der Waals surface area (Å²) >= 11 is 0. The Bertz CT molecular complexity index is 209. The zero-order valence-electron chi connectivity index (χ0n) is 5.20. The minimum atomic E-state index is -5.17. The van der Waals surface area contributed by atoms with Crippen LogP contribution in [-0.4, -0.2) is 57.9 Å². The Morgan fingerprint density at radius 3 is 0.917 bits per heavy atom. The molecule has 0 aromatic carbocycles. The van der Waals surface area contributed by atoms with E-state index >= 15 is 0 Å². The predicted molar refractivity (Wildman–Crippen MR) is 32.2 cm³/mol. The fraction of sp³-hybridized carbons (Fsp3) is 0. The minimum Gasteiger partial charge on any atom is -0.759 e. The van der Waals surface area contributed by atoms with Crippen LogP contribution in [0.3, 0.4) is 0 Å². The van der Waals surface area contributed by atoms with E-state index in [0.29, 0.717) is 0 Å². The summed E-state index contributed by atoms with van der Waals surface area (Å²) in [6, 6.07) is 0. The van der Waals surface area contributed by atoms with Crippen molar-refractivity contribution in [3.63, 3.8) is 0 Å². The van der Waals surface area contributed by atoms with Crippen LogP contribution in [0.15, 0.2) is 0 Å². The van der Waals surface area contributed by atoms with Gasteiger partial charge in [0, 0.05) is 10.4 Å². The molecule has 0 bridgehead atoms. The maximum atomic E-state index is 8.63. The molecule has 0 atom stereocenters. The molecule has 0 fully saturated rings. The van der Waals surface area contributed by atoms with Gasteiger partial charge in [-0.25, -0.2) is 8.42 Å². The van der Waals surface area contributed by atoms with Gasteiger partial charge in [0.1, 0.15) is 0 Å². The third-order valence-corrected chi connectivity index (χ3v) is 0. The van der Waals surface area contributed by atoms with E-state index < -0.39 is 20.8 Å². The number of rotatable bonds is 0. The molecule has 0 unspecified atom stereocenters. The van der Waals surface area contributed by atoms with Gasteiger partial charge in [0.25, 0.3) is 0 Å². The van der Waals surface area contributed by atoms with Gasteiger partial charge in [0.2, 0.25) is 10.4 Å². The Morgan fingerprint density at radius 1 is 0.917 bits per heavy atom. The van der Waals surface area contributed by atoms with Gasteiger partial charge in [-0.05, 0) is 0 Å². The molecule has 0 heterocycles. The first-order valence-electron chi connectivity index (χ1n) is 1.35. The van der Waals surface area contributed by atoms with Gasteiger partial charge < -0.3 is 19.1 Å². The van der Waals surface area contributed by atoms with Crippen LogP contribution >= 0.6 is 0 Å². The smallest absolute Gasteiger partial charge is 0.759 e. The van der Waals surface area contributed by atoms with E-state index in [-0.39, 0.29) is 22.8 Å². The Morgan fingerprint density at radius 2 is 0.917 bits per heavy atom. The summed E-state index contributed by atoms with van der Waals surface area (Å²) in [6.07, 6.45) is 0. The van der Waals surface area contributed by atoms with Crippen LogP contribution in [0.5, 0.6) is 0 Å². The molecule has 0 amide bonds. The molecule has 0 aromatic heterocycles. The number of hydrogen-bond donors (Lipinski definition) is 1. The van der Waals surface area contributed by atoms with Crippen LogP contribution in [0.25, 0.3) is 0 Å². The third kappa shape index (κ3) is 16100. The fourth-order valence-corrected chi connectivity index (χ4v) is 0. The van der Waals surface area contributed by atoms with Crippen molar-refractivity contribution in [3.8, 4) is 0 Å². The molecule has 0 aliphatic heterocycles. The van der Waals surface area contributed by atoms with E-state index in [0.717, 1.165) is 0 Å². The summed E-state index contributed by atoms with van der Waals surface area (Å²) in [7, 11) is -10.1. The molecule has 0 aliphatic carbocycles. The van der Waals surface area contributed by atoms with Crippen LogP contribution in [0, 0.1) is 0 Å². The standard InChI is InChI=1S/Al.2H2O4S.H2O/c;2*1-5(2,3)4;/h;2*(H2,1,2,3,4);1H2/q+3;;;/p-3. The van der Waals surface area contributed by atoms with Gasteiger partial charge in [0.05, 0.1) is 0 Å². The van der Waals surface area contributed by atoms with Crippen molar-refractivity contribution >= 4 is 38.2 Å². The second kappa shape index (κ2) is 7.86. The molecule has 0 aliphatic rings. The molecule has 12 heavy (non-hydrogen) atoms. The van der Waals surface area contributed by atoms with E-state index in [4.69, 9.17) is 35.0 Å². The van der Waals surface area contributed by atoms with E-state index in [2.05, 4.69) is 0 Å². The average molecular weight is 238 g/mol. The molecule has 12 heteroatoms. The molecular weight excluding hydrogens is 235 g/mol. The van der Waals surface area contributed by atoms with Gasteiger partial charge in [-0.1, -0.05) is 0 Å². The molecule has 0 spiro atoms. The summed E-state index contributed by atoms with van der Waals surface area (Å²) in [5, 5.41) is 0. The first kappa shape index (κ1) is 22.8. The monoisotopic (exact) mass is 238 g/mol. The average Bonchev–Trinajstić information content (AvgIpc) is 1.12. The van der Waals surface area contributed by atoms with Crippen molar-refractivity contribution < 1.29 is 40.5 Å². The Kier molecular flexibility index (Phi) is 14.9. The summed E-state index contributed by atoms with van der Waals surface area (Å²) in [5.41, 5.74) is 0. The van der Waals surface area contributed by atoms with Crippen molar-refractivity contribution in [2.75, 3.05) is 0 Å². The zero-order chi connectivity index (χ0) is 9.00. The molecule has 0 saturated carbocycles. The van der Waals surface area contributed by atoms with Gasteiger partial charge >= 0.3 is 17.4 Å². The Hall–Kier alpha value is 0.232. The summed E-state index contributed by atoms with van der Waals surface area (Å²) in [4.78, 5) is 0. The molecule has 3 N–H and O–H groups in total. The van der Waals surface area contributed by atoms with Gasteiger partial charge in [-0.2, -0.15) is 0 Å². The minimum absolute atomic E-state index is 0. The topological polar surface area (TPSA) is 189 Å². The van der Waals surface area contributed by atoms with Crippen molar-refractivity contribution in [3.05, 3.63) is 0 Å². The number of hydrogen-bond acceptors (Lipinski definition) is 7. The first-order valence-corrected chi connectivity index (χ1v) is 4.05. The second-order valence-corrected chi connectivity index (χ2v) is 2.51. The Labute approximate surface area is 79.0 Å². The van der Waals surface area contributed by atoms with Crippen molar-refractivity contribution in [1.82, 2.24) is 0 Å². The van der Waals surface area contributed by atoms with Crippen molar-refractivity contribution in [2.45, 2.75) is 0 Å². The predicted octanol–water partition coefficient (Wildman–Crippen LogP) is -3.54. The summed E-state index contributed by atoms with van der Waals surface area (Å²) in [5.74, 6) is 0. The summed E-state index contributed by atoms with van der Waals surface area (Å²) < 4.78 is 66.9. The summed E-state index contributed by atoms with van der Waals surface area (Å²) in [6.45, 7) is 0. The van der Waals surface area contributed by atoms with Gasteiger partial charge in [-0.15, -0.1) is 0 Å². The normalized spacial score (nSPS) is 9.67. The van der Waals surface area contributed by atoms with E-state index in [1.807, 2.05) is 0 Å². The second-order valence-electron chi connectivity index (χ2n) is 0.836. The van der Waals surface area contributed by atoms with Gasteiger partial charge in [-0.3, -0.25) is 13.0 Å². The molecule has 0 radical (unpaired) electrons.